The molecule has 0 spiro atoms. The molecule has 0 aliphatic carbocycles. The molecule has 0 fully saturated rings. The highest BCUT2D eigenvalue weighted by atomic mass is 19.3. The minimum atomic E-state index is -4.07. The van der Waals surface area contributed by atoms with E-state index in [9.17, 15) is 13.2 Å². The Morgan fingerprint density at radius 1 is 0.644 bits per heavy atom. The van der Waals surface area contributed by atoms with Gasteiger partial charge in [-0.25, -0.2) is 4.39 Å². The number of alkyl halides is 2. The Balaban J connectivity index is 1.35. The number of halogens is 3. The molecule has 45 heavy (non-hydrogen) atoms. The largest absolute Gasteiger partial charge is 0.494 e. The molecule has 0 unspecified atom stereocenters. The Labute approximate surface area is 270 Å². The van der Waals surface area contributed by atoms with Crippen LogP contribution >= 0.6 is 0 Å². The molecule has 3 rings (SSSR count). The van der Waals surface area contributed by atoms with Gasteiger partial charge in [-0.15, -0.1) is 0 Å². The molecule has 246 valence electrons. The molecule has 5 heteroatoms. The number of benzene rings is 3. The quantitative estimate of drug-likeness (QED) is 0.104. The van der Waals surface area contributed by atoms with Crippen molar-refractivity contribution in [3.63, 3.8) is 0 Å². The van der Waals surface area contributed by atoms with Gasteiger partial charge in [0.2, 0.25) is 5.83 Å². The summed E-state index contributed by atoms with van der Waals surface area (Å²) in [5.41, 5.74) is 3.21. The van der Waals surface area contributed by atoms with E-state index < -0.39 is 11.9 Å². The molecule has 0 N–H and O–H groups in total. The summed E-state index contributed by atoms with van der Waals surface area (Å²) < 4.78 is 54.1. The van der Waals surface area contributed by atoms with Crippen LogP contribution in [0.3, 0.4) is 0 Å². The minimum Gasteiger partial charge on any atom is -0.494 e. The maximum Gasteiger partial charge on any atom is 0.454 e. The number of ether oxygens (including phenoxy) is 2. The third-order valence-corrected chi connectivity index (χ3v) is 8.00. The van der Waals surface area contributed by atoms with Gasteiger partial charge in [0.1, 0.15) is 11.5 Å². The van der Waals surface area contributed by atoms with Crippen molar-refractivity contribution in [1.82, 2.24) is 0 Å². The van der Waals surface area contributed by atoms with Gasteiger partial charge in [0.15, 0.2) is 0 Å². The van der Waals surface area contributed by atoms with Crippen molar-refractivity contribution in [3.05, 3.63) is 89.8 Å². The van der Waals surface area contributed by atoms with E-state index in [4.69, 9.17) is 9.47 Å². The molecule has 2 nitrogen and oxygen atoms in total. The molecule has 3 aromatic rings. The van der Waals surface area contributed by atoms with Crippen LogP contribution in [0, 0.1) is 5.92 Å². The first-order valence-electron chi connectivity index (χ1n) is 17.1. The van der Waals surface area contributed by atoms with E-state index in [0.717, 1.165) is 41.4 Å². The van der Waals surface area contributed by atoms with Gasteiger partial charge in [-0.1, -0.05) is 146 Å². The summed E-state index contributed by atoms with van der Waals surface area (Å²) in [6.07, 6.45) is 14.8. The summed E-state index contributed by atoms with van der Waals surface area (Å²) >= 11 is 0. The SMILES string of the molecule is CCCCCCCCCCCCCCCOc1ccc(-c2ccc(/C=C(\F)C(F)(F)Oc3ccc(CC(C)C)cc3)cc2)cc1. The van der Waals surface area contributed by atoms with Gasteiger partial charge in [-0.3, -0.25) is 0 Å². The molecule has 0 aliphatic rings. The van der Waals surface area contributed by atoms with Crippen LogP contribution in [0.25, 0.3) is 17.2 Å². The first-order valence-corrected chi connectivity index (χ1v) is 17.1. The smallest absolute Gasteiger partial charge is 0.454 e. The molecule has 0 saturated heterocycles. The maximum absolute atomic E-state index is 14.5. The summed E-state index contributed by atoms with van der Waals surface area (Å²) in [6.45, 7) is 7.14. The van der Waals surface area contributed by atoms with Gasteiger partial charge in [-0.05, 0) is 71.4 Å². The minimum absolute atomic E-state index is 0.0804. The first-order chi connectivity index (χ1) is 21.8. The Morgan fingerprint density at radius 2 is 1.11 bits per heavy atom. The van der Waals surface area contributed by atoms with E-state index in [1.165, 1.54) is 89.2 Å². The molecule has 0 radical (unpaired) electrons. The monoisotopic (exact) mass is 622 g/mol. The molecular formula is C40H53F3O2. The molecular weight excluding hydrogens is 569 g/mol. The second kappa shape index (κ2) is 20.0. The molecule has 3 aromatic carbocycles. The lowest BCUT2D eigenvalue weighted by atomic mass is 10.0. The van der Waals surface area contributed by atoms with E-state index >= 15 is 0 Å². The zero-order chi connectivity index (χ0) is 32.3. The van der Waals surface area contributed by atoms with E-state index in [2.05, 4.69) is 20.8 Å². The van der Waals surface area contributed by atoms with Crippen molar-refractivity contribution < 1.29 is 22.6 Å². The molecule has 0 bridgehead atoms. The Hall–Kier alpha value is -3.21. The van der Waals surface area contributed by atoms with E-state index in [1.54, 1.807) is 36.4 Å². The van der Waals surface area contributed by atoms with Crippen molar-refractivity contribution >= 4 is 6.08 Å². The summed E-state index contributed by atoms with van der Waals surface area (Å²) in [5.74, 6) is -0.451. The zero-order valence-electron chi connectivity index (χ0n) is 27.6. The Kier molecular flexibility index (Phi) is 16.1. The number of hydrogen-bond acceptors (Lipinski definition) is 2. The van der Waals surface area contributed by atoms with Gasteiger partial charge >= 0.3 is 6.11 Å². The van der Waals surface area contributed by atoms with Crippen LogP contribution in [0.15, 0.2) is 78.6 Å². The van der Waals surface area contributed by atoms with E-state index in [0.29, 0.717) is 18.1 Å². The van der Waals surface area contributed by atoms with Crippen LogP contribution in [-0.4, -0.2) is 12.7 Å². The van der Waals surface area contributed by atoms with E-state index in [-0.39, 0.29) is 5.75 Å². The third-order valence-electron chi connectivity index (χ3n) is 8.00. The lowest BCUT2D eigenvalue weighted by Gasteiger charge is -2.17. The molecule has 0 aliphatic heterocycles. The summed E-state index contributed by atoms with van der Waals surface area (Å²) in [6, 6.07) is 21.0. The molecule has 0 atom stereocenters. The highest BCUT2D eigenvalue weighted by Crippen LogP contribution is 2.32. The van der Waals surface area contributed by atoms with Crippen LogP contribution < -0.4 is 9.47 Å². The zero-order valence-corrected chi connectivity index (χ0v) is 27.6. The highest BCUT2D eigenvalue weighted by molar-refractivity contribution is 5.66. The van der Waals surface area contributed by atoms with Gasteiger partial charge in [0.25, 0.3) is 0 Å². The lowest BCUT2D eigenvalue weighted by molar-refractivity contribution is -0.155. The molecule has 0 saturated carbocycles. The van der Waals surface area contributed by atoms with Crippen LogP contribution in [0.5, 0.6) is 11.5 Å². The third kappa shape index (κ3) is 14.2. The predicted octanol–water partition coefficient (Wildman–Crippen LogP) is 13.0. The lowest BCUT2D eigenvalue weighted by Crippen LogP contribution is -2.25. The fourth-order valence-electron chi connectivity index (χ4n) is 5.42. The van der Waals surface area contributed by atoms with Gasteiger partial charge in [0, 0.05) is 0 Å². The second-order valence-corrected chi connectivity index (χ2v) is 12.6. The van der Waals surface area contributed by atoms with Gasteiger partial charge in [-0.2, -0.15) is 8.78 Å². The standard InChI is InChI=1S/C40H53F3O2/c1-4-5-6-7-8-9-10-11-12-13-14-15-16-29-44-37-27-23-36(24-28-37)35-21-17-34(18-22-35)31-39(41)40(42,43)45-38-25-19-33(20-26-38)30-32(2)3/h17-28,31-32H,4-16,29-30H2,1-3H3/b39-31-. The highest BCUT2D eigenvalue weighted by Gasteiger charge is 2.38. The van der Waals surface area contributed by atoms with Crippen molar-refractivity contribution in [2.24, 2.45) is 5.92 Å². The molecule has 0 heterocycles. The average Bonchev–Trinajstić information content (AvgIpc) is 3.02. The van der Waals surface area contributed by atoms with Crippen molar-refractivity contribution in [2.45, 2.75) is 117 Å². The fourth-order valence-corrected chi connectivity index (χ4v) is 5.42. The maximum atomic E-state index is 14.5. The number of rotatable bonds is 22. The fraction of sp³-hybridized carbons (Fsp3) is 0.500. The van der Waals surface area contributed by atoms with Crippen LogP contribution in [-0.2, 0) is 6.42 Å². The average molecular weight is 623 g/mol. The van der Waals surface area contributed by atoms with Gasteiger partial charge in [0.05, 0.1) is 6.61 Å². The number of unbranched alkanes of at least 4 members (excludes halogenated alkanes) is 12. The second-order valence-electron chi connectivity index (χ2n) is 12.6. The van der Waals surface area contributed by atoms with Crippen molar-refractivity contribution in [3.8, 4) is 22.6 Å². The normalized spacial score (nSPS) is 12.1. The van der Waals surface area contributed by atoms with Crippen LogP contribution in [0.1, 0.15) is 115 Å². The number of hydrogen-bond donors (Lipinski definition) is 0. The Morgan fingerprint density at radius 3 is 1.62 bits per heavy atom. The molecule has 0 amide bonds. The van der Waals surface area contributed by atoms with Crippen molar-refractivity contribution in [1.29, 1.82) is 0 Å². The van der Waals surface area contributed by atoms with Crippen LogP contribution in [0.4, 0.5) is 13.2 Å². The summed E-state index contributed by atoms with van der Waals surface area (Å²) in [4.78, 5) is 0. The Bertz CT molecular complexity index is 1230. The summed E-state index contributed by atoms with van der Waals surface area (Å²) in [5, 5.41) is 0. The predicted molar refractivity (Wildman–Crippen MR) is 183 cm³/mol. The van der Waals surface area contributed by atoms with Gasteiger partial charge < -0.3 is 9.47 Å². The first kappa shape index (κ1) is 36.3. The summed E-state index contributed by atoms with van der Waals surface area (Å²) in [7, 11) is 0. The van der Waals surface area contributed by atoms with E-state index in [1.807, 2.05) is 24.3 Å². The van der Waals surface area contributed by atoms with Crippen LogP contribution in [0.2, 0.25) is 0 Å². The molecule has 0 aromatic heterocycles. The topological polar surface area (TPSA) is 18.5 Å². The van der Waals surface area contributed by atoms with Crippen molar-refractivity contribution in [2.75, 3.05) is 6.61 Å².